The Balaban J connectivity index is 1.79. The highest BCUT2D eigenvalue weighted by atomic mass is 16.4. The lowest BCUT2D eigenvalue weighted by Gasteiger charge is -2.32. The van der Waals surface area contributed by atoms with Crippen LogP contribution in [0.2, 0.25) is 0 Å². The highest BCUT2D eigenvalue weighted by Gasteiger charge is 2.47. The molecular formula is C16H20N2O3. The van der Waals surface area contributed by atoms with Gasteiger partial charge in [-0.15, -0.1) is 0 Å². The molecule has 3 rings (SSSR count). The summed E-state index contributed by atoms with van der Waals surface area (Å²) in [6.07, 6.45) is 4.74. The second kappa shape index (κ2) is 5.76. The molecule has 0 aromatic heterocycles. The van der Waals surface area contributed by atoms with Gasteiger partial charge in [0.05, 0.1) is 0 Å². The number of carboxylic acids is 1. The number of anilines is 1. The van der Waals surface area contributed by atoms with Gasteiger partial charge in [-0.2, -0.15) is 0 Å². The zero-order valence-corrected chi connectivity index (χ0v) is 11.9. The number of fused-ring (bicyclic) bond motifs is 1. The summed E-state index contributed by atoms with van der Waals surface area (Å²) in [6, 6.07) is 8.27. The summed E-state index contributed by atoms with van der Waals surface area (Å²) in [5, 5.41) is 12.2. The molecule has 2 aliphatic rings. The highest BCUT2D eigenvalue weighted by Crippen LogP contribution is 2.40. The summed E-state index contributed by atoms with van der Waals surface area (Å²) < 4.78 is 0. The van der Waals surface area contributed by atoms with Crippen molar-refractivity contribution in [1.29, 1.82) is 0 Å². The Morgan fingerprint density at radius 3 is 2.57 bits per heavy atom. The Morgan fingerprint density at radius 2 is 1.86 bits per heavy atom. The van der Waals surface area contributed by atoms with Crippen LogP contribution in [0.25, 0.3) is 0 Å². The predicted octanol–water partition coefficient (Wildman–Crippen LogP) is 2.94. The minimum atomic E-state index is -0.896. The van der Waals surface area contributed by atoms with E-state index in [1.165, 1.54) is 0 Å². The van der Waals surface area contributed by atoms with E-state index in [1.54, 1.807) is 4.90 Å². The first-order chi connectivity index (χ1) is 10.2. The molecule has 2 amide bonds. The number of aliphatic carboxylic acids is 1. The number of carbonyl (C=O) groups excluding carboxylic acids is 1. The molecule has 1 saturated heterocycles. The number of carbonyl (C=O) groups is 2. The van der Waals surface area contributed by atoms with E-state index < -0.39 is 12.0 Å². The van der Waals surface area contributed by atoms with Crippen molar-refractivity contribution in [3.8, 4) is 0 Å². The zero-order valence-electron chi connectivity index (χ0n) is 11.9. The number of rotatable bonds is 2. The average Bonchev–Trinajstić information content (AvgIpc) is 2.88. The molecule has 0 radical (unpaired) electrons. The quantitative estimate of drug-likeness (QED) is 0.879. The fourth-order valence-corrected chi connectivity index (χ4v) is 3.68. The van der Waals surface area contributed by atoms with Crippen LogP contribution >= 0.6 is 0 Å². The summed E-state index contributed by atoms with van der Waals surface area (Å²) in [7, 11) is 0. The van der Waals surface area contributed by atoms with Crippen molar-refractivity contribution in [1.82, 2.24) is 4.90 Å². The van der Waals surface area contributed by atoms with E-state index >= 15 is 0 Å². The van der Waals surface area contributed by atoms with Crippen LogP contribution in [0.15, 0.2) is 30.3 Å². The van der Waals surface area contributed by atoms with Crippen molar-refractivity contribution >= 4 is 17.7 Å². The molecule has 5 heteroatoms. The van der Waals surface area contributed by atoms with Crippen molar-refractivity contribution in [2.45, 2.75) is 44.2 Å². The Hall–Kier alpha value is -2.04. The maximum absolute atomic E-state index is 12.5. The molecule has 3 atom stereocenters. The number of amides is 2. The largest absolute Gasteiger partial charge is 0.480 e. The number of hydrogen-bond acceptors (Lipinski definition) is 2. The van der Waals surface area contributed by atoms with Crippen LogP contribution in [0.1, 0.15) is 32.1 Å². The molecule has 0 spiro atoms. The fraction of sp³-hybridized carbons (Fsp3) is 0.500. The Labute approximate surface area is 123 Å². The Bertz CT molecular complexity index is 532. The third-order valence-corrected chi connectivity index (χ3v) is 4.63. The van der Waals surface area contributed by atoms with Crippen LogP contribution in [0.5, 0.6) is 0 Å². The Morgan fingerprint density at radius 1 is 1.14 bits per heavy atom. The molecule has 5 nitrogen and oxygen atoms in total. The molecule has 1 aliphatic heterocycles. The van der Waals surface area contributed by atoms with Crippen molar-refractivity contribution in [2.24, 2.45) is 5.92 Å². The van der Waals surface area contributed by atoms with Gasteiger partial charge in [0.15, 0.2) is 0 Å². The minimum absolute atomic E-state index is 0.0727. The van der Waals surface area contributed by atoms with E-state index in [-0.39, 0.29) is 12.1 Å². The first-order valence-electron chi connectivity index (χ1n) is 7.54. The van der Waals surface area contributed by atoms with E-state index in [4.69, 9.17) is 0 Å². The number of hydrogen-bond donors (Lipinski definition) is 2. The first-order valence-corrected chi connectivity index (χ1v) is 7.54. The average molecular weight is 288 g/mol. The minimum Gasteiger partial charge on any atom is -0.480 e. The lowest BCUT2D eigenvalue weighted by atomic mass is 9.85. The molecule has 1 aromatic rings. The van der Waals surface area contributed by atoms with Gasteiger partial charge >= 0.3 is 12.0 Å². The van der Waals surface area contributed by atoms with Crippen molar-refractivity contribution in [2.75, 3.05) is 5.32 Å². The molecule has 0 unspecified atom stereocenters. The summed E-state index contributed by atoms with van der Waals surface area (Å²) in [5.74, 6) is -0.561. The lowest BCUT2D eigenvalue weighted by Crippen LogP contribution is -2.48. The van der Waals surface area contributed by atoms with Crippen LogP contribution in [0.3, 0.4) is 0 Å². The van der Waals surface area contributed by atoms with Crippen molar-refractivity contribution in [3.05, 3.63) is 30.3 Å². The monoisotopic (exact) mass is 288 g/mol. The number of urea groups is 1. The van der Waals surface area contributed by atoms with Crippen molar-refractivity contribution < 1.29 is 14.7 Å². The molecule has 1 heterocycles. The topological polar surface area (TPSA) is 69.6 Å². The molecule has 2 N–H and O–H groups in total. The van der Waals surface area contributed by atoms with Gasteiger partial charge in [0.2, 0.25) is 0 Å². The van der Waals surface area contributed by atoms with E-state index in [2.05, 4.69) is 5.32 Å². The maximum Gasteiger partial charge on any atom is 0.326 e. The summed E-state index contributed by atoms with van der Waals surface area (Å²) >= 11 is 0. The maximum atomic E-state index is 12.5. The van der Waals surface area contributed by atoms with Crippen LogP contribution in [0.4, 0.5) is 10.5 Å². The highest BCUT2D eigenvalue weighted by molar-refractivity contribution is 5.93. The van der Waals surface area contributed by atoms with Crippen LogP contribution < -0.4 is 5.32 Å². The number of nitrogens with zero attached hydrogens (tertiary/aromatic N) is 1. The molecule has 1 aliphatic carbocycles. The molecular weight excluding hydrogens is 268 g/mol. The number of likely N-dealkylation sites (tertiary alicyclic amines) is 1. The third kappa shape index (κ3) is 2.73. The zero-order chi connectivity index (χ0) is 14.8. The second-order valence-corrected chi connectivity index (χ2v) is 5.91. The van der Waals surface area contributed by atoms with Crippen LogP contribution in [-0.4, -0.2) is 34.1 Å². The summed E-state index contributed by atoms with van der Waals surface area (Å²) in [5.41, 5.74) is 0.700. The number of nitrogens with one attached hydrogen (secondary N) is 1. The van der Waals surface area contributed by atoms with Gasteiger partial charge in [0.1, 0.15) is 6.04 Å². The fourth-order valence-electron chi connectivity index (χ4n) is 3.68. The molecule has 0 bridgehead atoms. The molecule has 21 heavy (non-hydrogen) atoms. The molecule has 2 fully saturated rings. The summed E-state index contributed by atoms with van der Waals surface area (Å²) in [6.45, 7) is 0. The van der Waals surface area contributed by atoms with Gasteiger partial charge in [0.25, 0.3) is 0 Å². The van der Waals surface area contributed by atoms with Crippen molar-refractivity contribution in [3.63, 3.8) is 0 Å². The summed E-state index contributed by atoms with van der Waals surface area (Å²) in [4.78, 5) is 25.6. The van der Waals surface area contributed by atoms with E-state index in [0.717, 1.165) is 25.7 Å². The number of para-hydroxylation sites is 1. The van der Waals surface area contributed by atoms with Gasteiger partial charge in [-0.3, -0.25) is 0 Å². The normalized spacial score (nSPS) is 28.0. The first kappa shape index (κ1) is 13.9. The lowest BCUT2D eigenvalue weighted by molar-refractivity contribution is -0.141. The van der Waals surface area contributed by atoms with Gasteiger partial charge in [-0.05, 0) is 37.3 Å². The standard InChI is InChI=1S/C16H20N2O3/c19-15(20)14-10-11-6-4-5-9-13(11)18(14)16(21)17-12-7-2-1-3-8-12/h1-3,7-8,11,13-14H,4-6,9-10H2,(H,17,21)(H,19,20)/t11-,13-,14+/m0/s1. The van der Waals surface area contributed by atoms with Crippen LogP contribution in [-0.2, 0) is 4.79 Å². The van der Waals surface area contributed by atoms with E-state index in [0.29, 0.717) is 18.0 Å². The van der Waals surface area contributed by atoms with Gasteiger partial charge in [0, 0.05) is 11.7 Å². The third-order valence-electron chi connectivity index (χ3n) is 4.63. The second-order valence-electron chi connectivity index (χ2n) is 5.91. The predicted molar refractivity (Wildman–Crippen MR) is 79.1 cm³/mol. The van der Waals surface area contributed by atoms with Crippen LogP contribution in [0, 0.1) is 5.92 Å². The molecule has 1 aromatic carbocycles. The smallest absolute Gasteiger partial charge is 0.326 e. The van der Waals surface area contributed by atoms with Gasteiger partial charge < -0.3 is 15.3 Å². The van der Waals surface area contributed by atoms with Gasteiger partial charge in [-0.1, -0.05) is 31.0 Å². The Kier molecular flexibility index (Phi) is 3.82. The molecule has 1 saturated carbocycles. The van der Waals surface area contributed by atoms with E-state index in [9.17, 15) is 14.7 Å². The number of carboxylic acid groups (broad SMARTS) is 1. The SMILES string of the molecule is O=C(O)[C@H]1C[C@@H]2CCCC[C@@H]2N1C(=O)Nc1ccccc1. The number of benzene rings is 1. The molecule has 112 valence electrons. The van der Waals surface area contributed by atoms with Gasteiger partial charge in [-0.25, -0.2) is 9.59 Å². The van der Waals surface area contributed by atoms with E-state index in [1.807, 2.05) is 30.3 Å².